The number of carbonyl (C=O) groups excluding carboxylic acids is 1. The number of nitrogens with zero attached hydrogens (tertiary/aromatic N) is 2. The minimum atomic E-state index is -0.784. The molecular weight excluding hydrogens is 378 g/mol. The number of anilines is 1. The average molecular weight is 397 g/mol. The third-order valence-corrected chi connectivity index (χ3v) is 3.96. The summed E-state index contributed by atoms with van der Waals surface area (Å²) in [6, 6.07) is 9.32. The Hall–Kier alpha value is -4.06. The Balaban J connectivity index is 2.42. The molecule has 2 aromatic rings. The lowest BCUT2D eigenvalue weighted by molar-refractivity contribution is -0.384. The maximum absolute atomic E-state index is 12.5. The molecule has 1 N–H and O–H groups in total. The summed E-state index contributed by atoms with van der Waals surface area (Å²) in [7, 11) is 4.34. The Morgan fingerprint density at radius 3 is 2.24 bits per heavy atom. The minimum absolute atomic E-state index is 0.00311. The van der Waals surface area contributed by atoms with Gasteiger partial charge in [-0.2, -0.15) is 5.26 Å². The molecular formula is C20H19N3O6. The fourth-order valence-electron chi connectivity index (χ4n) is 2.59. The zero-order valence-electron chi connectivity index (χ0n) is 16.3. The predicted octanol–water partition coefficient (Wildman–Crippen LogP) is 3.47. The molecule has 0 aliphatic heterocycles. The van der Waals surface area contributed by atoms with E-state index in [9.17, 15) is 20.2 Å². The molecule has 2 aromatic carbocycles. The number of benzene rings is 2. The van der Waals surface area contributed by atoms with Crippen molar-refractivity contribution in [3.63, 3.8) is 0 Å². The van der Waals surface area contributed by atoms with Crippen LogP contribution in [0.15, 0.2) is 35.9 Å². The van der Waals surface area contributed by atoms with Gasteiger partial charge in [0, 0.05) is 6.07 Å². The first-order chi connectivity index (χ1) is 13.8. The molecule has 150 valence electrons. The minimum Gasteiger partial charge on any atom is -0.493 e. The van der Waals surface area contributed by atoms with E-state index >= 15 is 0 Å². The average Bonchev–Trinajstić information content (AvgIpc) is 2.71. The van der Waals surface area contributed by atoms with Crippen LogP contribution in [0.4, 0.5) is 11.4 Å². The van der Waals surface area contributed by atoms with E-state index in [1.807, 2.05) is 0 Å². The summed E-state index contributed by atoms with van der Waals surface area (Å²) >= 11 is 0. The van der Waals surface area contributed by atoms with E-state index in [0.29, 0.717) is 28.4 Å². The quantitative estimate of drug-likeness (QED) is 0.328. The van der Waals surface area contributed by atoms with Crippen molar-refractivity contribution in [2.45, 2.75) is 6.92 Å². The topological polar surface area (TPSA) is 124 Å². The third-order valence-electron chi connectivity index (χ3n) is 3.96. The number of amides is 1. The Bertz CT molecular complexity index is 998. The van der Waals surface area contributed by atoms with Gasteiger partial charge in [0.05, 0.1) is 26.3 Å². The van der Waals surface area contributed by atoms with Crippen molar-refractivity contribution in [1.82, 2.24) is 0 Å². The molecule has 9 nitrogen and oxygen atoms in total. The molecule has 0 saturated heterocycles. The molecule has 0 bridgehead atoms. The lowest BCUT2D eigenvalue weighted by Gasteiger charge is -2.13. The van der Waals surface area contributed by atoms with Crippen LogP contribution in [0.5, 0.6) is 17.2 Å². The Labute approximate surface area is 167 Å². The summed E-state index contributed by atoms with van der Waals surface area (Å²) in [6.07, 6.45) is 1.32. The highest BCUT2D eigenvalue weighted by molar-refractivity contribution is 6.10. The number of methoxy groups -OCH3 is 3. The van der Waals surface area contributed by atoms with E-state index in [1.165, 1.54) is 39.5 Å². The van der Waals surface area contributed by atoms with E-state index in [4.69, 9.17) is 14.2 Å². The van der Waals surface area contributed by atoms with Crippen LogP contribution in [-0.2, 0) is 4.79 Å². The number of nitriles is 1. The monoisotopic (exact) mass is 397 g/mol. The smallest absolute Gasteiger partial charge is 0.293 e. The van der Waals surface area contributed by atoms with Crippen molar-refractivity contribution in [3.8, 4) is 23.3 Å². The van der Waals surface area contributed by atoms with Crippen LogP contribution in [0.3, 0.4) is 0 Å². The summed E-state index contributed by atoms with van der Waals surface area (Å²) < 4.78 is 15.7. The normalized spacial score (nSPS) is 10.7. The van der Waals surface area contributed by atoms with Crippen LogP contribution in [-0.4, -0.2) is 32.2 Å². The van der Waals surface area contributed by atoms with E-state index in [0.717, 1.165) is 0 Å². The molecule has 0 aromatic heterocycles. The largest absolute Gasteiger partial charge is 0.493 e. The highest BCUT2D eigenvalue weighted by Crippen LogP contribution is 2.38. The van der Waals surface area contributed by atoms with Crippen molar-refractivity contribution < 1.29 is 23.9 Å². The standard InChI is InChI=1S/C20H19N3O6/c1-12-5-6-15(16(7-12)23(25)26)22-20(24)14(11-21)8-13-9-17(27-2)19(29-4)18(10-13)28-3/h5-10H,1-4H3,(H,22,24)/b14-8-. The molecule has 0 unspecified atom stereocenters. The molecule has 0 fully saturated rings. The lowest BCUT2D eigenvalue weighted by atomic mass is 10.1. The van der Waals surface area contributed by atoms with Crippen LogP contribution in [0, 0.1) is 28.4 Å². The van der Waals surface area contributed by atoms with Gasteiger partial charge in [0.15, 0.2) is 11.5 Å². The number of nitrogens with one attached hydrogen (secondary N) is 1. The van der Waals surface area contributed by atoms with Gasteiger partial charge < -0.3 is 19.5 Å². The molecule has 0 saturated carbocycles. The van der Waals surface area contributed by atoms with Crippen LogP contribution < -0.4 is 19.5 Å². The van der Waals surface area contributed by atoms with Gasteiger partial charge >= 0.3 is 0 Å². The first-order valence-electron chi connectivity index (χ1n) is 8.32. The van der Waals surface area contributed by atoms with Crippen molar-refractivity contribution in [3.05, 3.63) is 57.1 Å². The van der Waals surface area contributed by atoms with E-state index < -0.39 is 10.8 Å². The second-order valence-electron chi connectivity index (χ2n) is 5.86. The summed E-state index contributed by atoms with van der Waals surface area (Å²) in [4.78, 5) is 23.2. The number of carbonyl (C=O) groups is 1. The molecule has 0 atom stereocenters. The first-order valence-corrected chi connectivity index (χ1v) is 8.32. The molecule has 0 spiro atoms. The highest BCUT2D eigenvalue weighted by Gasteiger charge is 2.19. The SMILES string of the molecule is COc1cc(/C=C(/C#N)C(=O)Nc2ccc(C)cc2[N+](=O)[O-])cc(OC)c1OC. The first kappa shape index (κ1) is 21.2. The summed E-state index contributed by atoms with van der Waals surface area (Å²) in [5.41, 5.74) is 0.599. The van der Waals surface area contributed by atoms with Gasteiger partial charge in [-0.15, -0.1) is 0 Å². The van der Waals surface area contributed by atoms with Crippen LogP contribution in [0.2, 0.25) is 0 Å². The van der Waals surface area contributed by atoms with Gasteiger partial charge in [-0.25, -0.2) is 0 Å². The summed E-state index contributed by atoms with van der Waals surface area (Å²) in [5.74, 6) is 0.286. The fourth-order valence-corrected chi connectivity index (χ4v) is 2.59. The Kier molecular flexibility index (Phi) is 6.76. The summed E-state index contributed by atoms with van der Waals surface area (Å²) in [5, 5.41) is 23.0. The maximum atomic E-state index is 12.5. The number of ether oxygens (including phenoxy) is 3. The van der Waals surface area contributed by atoms with Gasteiger partial charge in [-0.1, -0.05) is 6.07 Å². The van der Waals surface area contributed by atoms with Crippen molar-refractivity contribution in [1.29, 1.82) is 5.26 Å². The lowest BCUT2D eigenvalue weighted by Crippen LogP contribution is -2.14. The highest BCUT2D eigenvalue weighted by atomic mass is 16.6. The van der Waals surface area contributed by atoms with Gasteiger partial charge in [0.2, 0.25) is 5.75 Å². The predicted molar refractivity (Wildman–Crippen MR) is 106 cm³/mol. The number of aryl methyl sites for hydroxylation is 1. The third kappa shape index (κ3) is 4.81. The van der Waals surface area contributed by atoms with Crippen LogP contribution in [0.1, 0.15) is 11.1 Å². The Morgan fingerprint density at radius 1 is 1.14 bits per heavy atom. The molecule has 2 rings (SSSR count). The zero-order chi connectivity index (χ0) is 21.6. The van der Waals surface area contributed by atoms with Gasteiger partial charge in [0.25, 0.3) is 11.6 Å². The number of rotatable bonds is 7. The fraction of sp³-hybridized carbons (Fsp3) is 0.200. The molecule has 0 aliphatic carbocycles. The summed E-state index contributed by atoms with van der Waals surface area (Å²) in [6.45, 7) is 1.70. The molecule has 0 aliphatic rings. The number of nitro groups is 1. The van der Waals surface area contributed by atoms with Gasteiger partial charge in [0.1, 0.15) is 17.3 Å². The van der Waals surface area contributed by atoms with E-state index in [-0.39, 0.29) is 16.9 Å². The molecule has 0 radical (unpaired) electrons. The second-order valence-corrected chi connectivity index (χ2v) is 5.86. The van der Waals surface area contributed by atoms with E-state index in [1.54, 1.807) is 31.2 Å². The Morgan fingerprint density at radius 2 is 1.76 bits per heavy atom. The van der Waals surface area contributed by atoms with Gasteiger partial charge in [-0.3, -0.25) is 14.9 Å². The molecule has 9 heteroatoms. The number of hydrogen-bond acceptors (Lipinski definition) is 7. The molecule has 0 heterocycles. The number of hydrogen-bond donors (Lipinski definition) is 1. The second kappa shape index (κ2) is 9.23. The zero-order valence-corrected chi connectivity index (χ0v) is 16.3. The maximum Gasteiger partial charge on any atom is 0.293 e. The van der Waals surface area contributed by atoms with Crippen LogP contribution in [0.25, 0.3) is 6.08 Å². The molecule has 1 amide bonds. The van der Waals surface area contributed by atoms with Crippen LogP contribution >= 0.6 is 0 Å². The van der Waals surface area contributed by atoms with Crippen molar-refractivity contribution in [2.75, 3.05) is 26.6 Å². The van der Waals surface area contributed by atoms with E-state index in [2.05, 4.69) is 5.32 Å². The van der Waals surface area contributed by atoms with Gasteiger partial charge in [-0.05, 0) is 42.3 Å². The number of nitro benzene ring substituents is 1. The van der Waals surface area contributed by atoms with Crippen molar-refractivity contribution in [2.24, 2.45) is 0 Å². The van der Waals surface area contributed by atoms with Crippen molar-refractivity contribution >= 4 is 23.4 Å². The molecule has 29 heavy (non-hydrogen) atoms.